The van der Waals surface area contributed by atoms with Crippen molar-refractivity contribution in [3.8, 4) is 0 Å². The fourth-order valence-electron chi connectivity index (χ4n) is 6.71. The van der Waals surface area contributed by atoms with Crippen molar-refractivity contribution in [3.63, 3.8) is 0 Å². The summed E-state index contributed by atoms with van der Waals surface area (Å²) >= 11 is 0. The van der Waals surface area contributed by atoms with Gasteiger partial charge in [-0.1, -0.05) is 238 Å². The van der Waals surface area contributed by atoms with E-state index in [1.807, 2.05) is 72.9 Å². The topological polar surface area (TPSA) is 78.9 Å². The first-order valence-electron chi connectivity index (χ1n) is 26.3. The van der Waals surface area contributed by atoms with E-state index in [9.17, 15) is 14.4 Å². The Labute approximate surface area is 405 Å². The second-order valence-electron chi connectivity index (χ2n) is 16.9. The lowest BCUT2D eigenvalue weighted by atomic mass is 10.1. The lowest BCUT2D eigenvalue weighted by molar-refractivity contribution is -0.167. The molecule has 0 rings (SSSR count). The molecule has 0 aromatic carbocycles. The molecule has 0 amide bonds. The van der Waals surface area contributed by atoms with Crippen LogP contribution in [0.25, 0.3) is 0 Å². The number of carbonyl (C=O) groups is 3. The minimum absolute atomic E-state index is 0.112. The third-order valence-corrected chi connectivity index (χ3v) is 10.6. The van der Waals surface area contributed by atoms with Crippen molar-refractivity contribution >= 4 is 17.9 Å². The number of allylic oxidation sites excluding steroid dienone is 22. The zero-order valence-electron chi connectivity index (χ0n) is 42.1. The second kappa shape index (κ2) is 53.2. The molecule has 0 aliphatic rings. The average molecular weight is 911 g/mol. The fourth-order valence-corrected chi connectivity index (χ4v) is 6.71. The Bertz CT molecular complexity index is 1460. The molecule has 0 aromatic rings. The third kappa shape index (κ3) is 50.5. The summed E-state index contributed by atoms with van der Waals surface area (Å²) in [5, 5.41) is 0. The molecule has 0 aromatic heterocycles. The molecule has 6 nitrogen and oxygen atoms in total. The van der Waals surface area contributed by atoms with E-state index in [4.69, 9.17) is 14.2 Å². The van der Waals surface area contributed by atoms with Crippen LogP contribution in [0.1, 0.15) is 207 Å². The highest BCUT2D eigenvalue weighted by Gasteiger charge is 2.19. The molecule has 0 aliphatic heterocycles. The number of esters is 3. The minimum Gasteiger partial charge on any atom is -0.462 e. The number of ether oxygens (including phenoxy) is 3. The van der Waals surface area contributed by atoms with E-state index < -0.39 is 6.10 Å². The molecule has 0 saturated carbocycles. The fraction of sp³-hybridized carbons (Fsp3) is 0.583. The minimum atomic E-state index is -0.815. The molecule has 370 valence electrons. The summed E-state index contributed by atoms with van der Waals surface area (Å²) in [6, 6.07) is 0. The van der Waals surface area contributed by atoms with Gasteiger partial charge < -0.3 is 14.2 Å². The van der Waals surface area contributed by atoms with Crippen LogP contribution in [0.4, 0.5) is 0 Å². The molecule has 0 aliphatic carbocycles. The summed E-state index contributed by atoms with van der Waals surface area (Å²) in [5.41, 5.74) is 0. The molecule has 0 spiro atoms. The van der Waals surface area contributed by atoms with Crippen LogP contribution in [0.3, 0.4) is 0 Å². The van der Waals surface area contributed by atoms with E-state index in [1.165, 1.54) is 57.8 Å². The zero-order chi connectivity index (χ0) is 47.9. The van der Waals surface area contributed by atoms with Gasteiger partial charge in [0.2, 0.25) is 0 Å². The first kappa shape index (κ1) is 61.5. The van der Waals surface area contributed by atoms with E-state index in [0.717, 1.165) is 109 Å². The summed E-state index contributed by atoms with van der Waals surface area (Å²) in [7, 11) is 0. The molecule has 6 heteroatoms. The van der Waals surface area contributed by atoms with Crippen LogP contribution >= 0.6 is 0 Å². The van der Waals surface area contributed by atoms with Gasteiger partial charge in [0, 0.05) is 19.3 Å². The maximum atomic E-state index is 12.8. The van der Waals surface area contributed by atoms with Crippen LogP contribution in [0, 0.1) is 0 Å². The summed E-state index contributed by atoms with van der Waals surface area (Å²) < 4.78 is 16.7. The average Bonchev–Trinajstić information content (AvgIpc) is 3.31. The Hall–Kier alpha value is -4.45. The monoisotopic (exact) mass is 911 g/mol. The van der Waals surface area contributed by atoms with Crippen molar-refractivity contribution in [2.75, 3.05) is 13.2 Å². The van der Waals surface area contributed by atoms with Crippen LogP contribution in [-0.2, 0) is 28.6 Å². The van der Waals surface area contributed by atoms with Crippen LogP contribution in [0.5, 0.6) is 0 Å². The number of unbranched alkanes of at least 4 members (excludes halogenated alkanes) is 20. The Kier molecular flexibility index (Phi) is 49.6. The van der Waals surface area contributed by atoms with Crippen LogP contribution in [0.15, 0.2) is 134 Å². The van der Waals surface area contributed by atoms with Crippen molar-refractivity contribution < 1.29 is 28.6 Å². The molecule has 0 radical (unpaired) electrons. The molecule has 0 N–H and O–H groups in total. The van der Waals surface area contributed by atoms with Gasteiger partial charge in [-0.05, 0) is 83.5 Å². The van der Waals surface area contributed by atoms with Crippen LogP contribution in [0.2, 0.25) is 0 Å². The van der Waals surface area contributed by atoms with Crippen molar-refractivity contribution in [1.29, 1.82) is 0 Å². The quantitative estimate of drug-likeness (QED) is 0.0199. The normalized spacial score (nSPS) is 13.2. The Morgan fingerprint density at radius 1 is 0.318 bits per heavy atom. The lowest BCUT2D eigenvalue weighted by Crippen LogP contribution is -2.30. The molecule has 1 atom stereocenters. The zero-order valence-corrected chi connectivity index (χ0v) is 42.1. The second-order valence-corrected chi connectivity index (χ2v) is 16.9. The number of carbonyl (C=O) groups excluding carboxylic acids is 3. The van der Waals surface area contributed by atoms with Crippen molar-refractivity contribution in [3.05, 3.63) is 134 Å². The maximum absolute atomic E-state index is 12.8. The maximum Gasteiger partial charge on any atom is 0.306 e. The molecular formula is C60H94O6. The summed E-state index contributed by atoms with van der Waals surface area (Å²) in [5.74, 6) is -0.993. The van der Waals surface area contributed by atoms with Gasteiger partial charge in [0.1, 0.15) is 13.2 Å². The van der Waals surface area contributed by atoms with E-state index in [0.29, 0.717) is 19.3 Å². The van der Waals surface area contributed by atoms with Crippen molar-refractivity contribution in [1.82, 2.24) is 0 Å². The van der Waals surface area contributed by atoms with E-state index in [-0.39, 0.29) is 31.1 Å². The standard InChI is InChI=1S/C60H94O6/c1-4-7-10-13-16-19-22-25-27-29-30-31-33-35-38-41-44-47-50-53-59(62)65-56-57(55-64-58(61)52-49-46-43-40-37-34-24-21-18-15-12-9-6-3)66-60(63)54-51-48-45-42-39-36-32-28-26-23-20-17-14-11-8-5-2/h7,9-10,12-13,15-16,18-19,21-22,24-25,27-33,35,38,57H,4-6,8,11,14,17,20,23,26,34,36-37,39-56H2,1-3H3/b10-7+,12-9+,16-13+,18-15+,22-19+,24-21+,27-25+,30-29+,32-28+,33-31+,38-35+. The molecule has 0 heterocycles. The predicted molar refractivity (Wildman–Crippen MR) is 283 cm³/mol. The highest BCUT2D eigenvalue weighted by molar-refractivity contribution is 5.71. The van der Waals surface area contributed by atoms with Crippen LogP contribution < -0.4 is 0 Å². The largest absolute Gasteiger partial charge is 0.462 e. The first-order valence-corrected chi connectivity index (χ1v) is 26.3. The van der Waals surface area contributed by atoms with Gasteiger partial charge in [0.05, 0.1) is 0 Å². The number of hydrogen-bond donors (Lipinski definition) is 0. The molecule has 0 saturated heterocycles. The highest BCUT2D eigenvalue weighted by Crippen LogP contribution is 2.13. The van der Waals surface area contributed by atoms with Crippen molar-refractivity contribution in [2.24, 2.45) is 0 Å². The molecule has 66 heavy (non-hydrogen) atoms. The molecule has 0 bridgehead atoms. The van der Waals surface area contributed by atoms with Gasteiger partial charge in [-0.15, -0.1) is 0 Å². The van der Waals surface area contributed by atoms with Crippen LogP contribution in [-0.4, -0.2) is 37.2 Å². The van der Waals surface area contributed by atoms with Gasteiger partial charge in [-0.3, -0.25) is 14.4 Å². The third-order valence-electron chi connectivity index (χ3n) is 10.6. The smallest absolute Gasteiger partial charge is 0.306 e. The lowest BCUT2D eigenvalue weighted by Gasteiger charge is -2.18. The Balaban J connectivity index is 4.55. The van der Waals surface area contributed by atoms with E-state index in [1.54, 1.807) is 0 Å². The highest BCUT2D eigenvalue weighted by atomic mass is 16.6. The van der Waals surface area contributed by atoms with Gasteiger partial charge >= 0.3 is 17.9 Å². The van der Waals surface area contributed by atoms with Crippen molar-refractivity contribution in [2.45, 2.75) is 213 Å². The van der Waals surface area contributed by atoms with Gasteiger partial charge in [-0.25, -0.2) is 0 Å². The Morgan fingerprint density at radius 3 is 0.985 bits per heavy atom. The Morgan fingerprint density at radius 2 is 0.606 bits per heavy atom. The van der Waals surface area contributed by atoms with Gasteiger partial charge in [-0.2, -0.15) is 0 Å². The molecule has 0 fully saturated rings. The SMILES string of the molecule is CC/C=C/C=C/C=C/C=C/C=C/C=C/C=C/CCCCCC(=O)OCC(COC(=O)CCCCCCC/C=C/C=C/C=C/CC)OC(=O)CCCCCCC/C=C/CCCCCCCCC. The van der Waals surface area contributed by atoms with Gasteiger partial charge in [0.25, 0.3) is 0 Å². The number of hydrogen-bond acceptors (Lipinski definition) is 6. The first-order chi connectivity index (χ1) is 32.5. The predicted octanol–water partition coefficient (Wildman–Crippen LogP) is 17.5. The van der Waals surface area contributed by atoms with E-state index >= 15 is 0 Å². The molecular weight excluding hydrogens is 817 g/mol. The molecule has 1 unspecified atom stereocenters. The summed E-state index contributed by atoms with van der Waals surface area (Å²) in [6.45, 7) is 6.27. The van der Waals surface area contributed by atoms with E-state index in [2.05, 4.69) is 81.5 Å². The summed E-state index contributed by atoms with van der Waals surface area (Å²) in [6.07, 6.45) is 74.3. The van der Waals surface area contributed by atoms with Gasteiger partial charge in [0.15, 0.2) is 6.10 Å². The number of rotatable bonds is 45. The summed E-state index contributed by atoms with van der Waals surface area (Å²) in [4.78, 5) is 38.0.